The van der Waals surface area contributed by atoms with Gasteiger partial charge in [0.1, 0.15) is 18.1 Å². The van der Waals surface area contributed by atoms with E-state index in [1.165, 1.54) is 17.0 Å². The minimum Gasteiger partial charge on any atom is -0.494 e. The van der Waals surface area contributed by atoms with Crippen LogP contribution in [0.3, 0.4) is 0 Å². The highest BCUT2D eigenvalue weighted by Crippen LogP contribution is 2.39. The van der Waals surface area contributed by atoms with E-state index >= 15 is 0 Å². The van der Waals surface area contributed by atoms with Gasteiger partial charge in [-0.3, -0.25) is 9.69 Å². The van der Waals surface area contributed by atoms with Gasteiger partial charge in [-0.1, -0.05) is 6.07 Å². The number of nitrogens with zero attached hydrogens (tertiary/aromatic N) is 2. The molecule has 2 aromatic carbocycles. The maximum Gasteiger partial charge on any atom is 0.417 e. The molecule has 9 heteroatoms. The molecule has 0 radical (unpaired) electrons. The molecule has 2 aliphatic rings. The first-order chi connectivity index (χ1) is 15.2. The van der Waals surface area contributed by atoms with Gasteiger partial charge >= 0.3 is 6.18 Å². The summed E-state index contributed by atoms with van der Waals surface area (Å²) in [7, 11) is 0. The van der Waals surface area contributed by atoms with Gasteiger partial charge in [-0.05, 0) is 56.2 Å². The van der Waals surface area contributed by atoms with Gasteiger partial charge in [-0.2, -0.15) is 13.2 Å². The van der Waals surface area contributed by atoms with Crippen LogP contribution in [0.2, 0.25) is 0 Å². The fourth-order valence-electron chi connectivity index (χ4n) is 4.24. The molecule has 0 aromatic heterocycles. The molecule has 1 unspecified atom stereocenters. The maximum atomic E-state index is 13.5. The van der Waals surface area contributed by atoms with E-state index in [1.54, 1.807) is 31.2 Å². The second kappa shape index (κ2) is 8.97. The third kappa shape index (κ3) is 4.67. The van der Waals surface area contributed by atoms with Crippen molar-refractivity contribution < 1.29 is 27.1 Å². The van der Waals surface area contributed by atoms with E-state index in [9.17, 15) is 22.4 Å². The summed E-state index contributed by atoms with van der Waals surface area (Å²) in [5, 5.41) is 2.98. The summed E-state index contributed by atoms with van der Waals surface area (Å²) in [4.78, 5) is 16.4. The predicted octanol–water partition coefficient (Wildman–Crippen LogP) is 4.94. The van der Waals surface area contributed by atoms with E-state index in [2.05, 4.69) is 10.2 Å². The molecule has 0 aliphatic carbocycles. The van der Waals surface area contributed by atoms with E-state index in [0.29, 0.717) is 31.0 Å². The van der Waals surface area contributed by atoms with E-state index in [0.717, 1.165) is 25.6 Å². The molecule has 1 fully saturated rings. The van der Waals surface area contributed by atoms with Crippen molar-refractivity contribution in [1.82, 2.24) is 4.90 Å². The Balaban J connectivity index is 1.42. The number of nitrogens with one attached hydrogen (secondary N) is 1. The average Bonchev–Trinajstić information content (AvgIpc) is 3.16. The highest BCUT2D eigenvalue weighted by Gasteiger charge is 2.41. The molecule has 1 N–H and O–H groups in total. The Hall–Kier alpha value is -2.81. The molecule has 172 valence electrons. The van der Waals surface area contributed by atoms with Crippen molar-refractivity contribution in [3.8, 4) is 5.75 Å². The van der Waals surface area contributed by atoms with Crippen molar-refractivity contribution in [3.05, 3.63) is 53.6 Å². The molecule has 2 heterocycles. The lowest BCUT2D eigenvalue weighted by atomic mass is 10.00. The zero-order valence-corrected chi connectivity index (χ0v) is 17.7. The normalized spacial score (nSPS) is 21.4. The van der Waals surface area contributed by atoms with Crippen molar-refractivity contribution in [2.24, 2.45) is 0 Å². The fourth-order valence-corrected chi connectivity index (χ4v) is 4.24. The number of hydrogen-bond acceptors (Lipinski definition) is 4. The van der Waals surface area contributed by atoms with E-state index < -0.39 is 30.0 Å². The predicted molar refractivity (Wildman–Crippen MR) is 114 cm³/mol. The van der Waals surface area contributed by atoms with E-state index in [4.69, 9.17) is 4.74 Å². The molecule has 2 aliphatic heterocycles. The first-order valence-electron chi connectivity index (χ1n) is 10.6. The first kappa shape index (κ1) is 22.4. The molecular formula is C23H25F4N3O2. The number of benzene rings is 2. The van der Waals surface area contributed by atoms with Crippen LogP contribution in [0.25, 0.3) is 0 Å². The number of halogens is 4. The molecule has 2 aromatic rings. The van der Waals surface area contributed by atoms with Crippen molar-refractivity contribution >= 4 is 17.3 Å². The lowest BCUT2D eigenvalue weighted by Crippen LogP contribution is -2.48. The minimum absolute atomic E-state index is 0.172. The second-order valence-corrected chi connectivity index (χ2v) is 8.10. The number of likely N-dealkylation sites (tertiary alicyclic amines) is 1. The Morgan fingerprint density at radius 1 is 1.16 bits per heavy atom. The number of fused-ring (bicyclic) bond motifs is 1. The van der Waals surface area contributed by atoms with E-state index in [1.807, 2.05) is 0 Å². The summed E-state index contributed by atoms with van der Waals surface area (Å²) < 4.78 is 59.3. The molecule has 4 rings (SSSR count). The molecule has 0 bridgehead atoms. The average molecular weight is 451 g/mol. The topological polar surface area (TPSA) is 44.8 Å². The quantitative estimate of drug-likeness (QED) is 0.499. The summed E-state index contributed by atoms with van der Waals surface area (Å²) in [5.74, 6) is -0.107. The molecule has 1 saturated heterocycles. The summed E-state index contributed by atoms with van der Waals surface area (Å²) in [6.45, 7) is 4.20. The Labute approximate surface area is 183 Å². The zero-order valence-electron chi connectivity index (χ0n) is 17.7. The van der Waals surface area contributed by atoms with Crippen molar-refractivity contribution in [2.45, 2.75) is 38.3 Å². The number of amides is 1. The monoisotopic (exact) mass is 451 g/mol. The first-order valence-corrected chi connectivity index (χ1v) is 10.6. The van der Waals surface area contributed by atoms with Crippen LogP contribution < -0.4 is 15.0 Å². The number of alkyl halides is 4. The number of rotatable bonds is 6. The number of carbonyl (C=O) groups excluding carboxylic acids is 1. The molecular weight excluding hydrogens is 426 g/mol. The van der Waals surface area contributed by atoms with Crippen LogP contribution in [-0.4, -0.2) is 49.4 Å². The lowest BCUT2D eigenvalue weighted by Gasteiger charge is -2.37. The summed E-state index contributed by atoms with van der Waals surface area (Å²) in [6.07, 6.45) is -4.55. The number of anilines is 2. The smallest absolute Gasteiger partial charge is 0.417 e. The van der Waals surface area contributed by atoms with Gasteiger partial charge in [-0.15, -0.1) is 0 Å². The molecule has 2 atom stereocenters. The summed E-state index contributed by atoms with van der Waals surface area (Å²) in [5.41, 5.74) is -0.695. The Bertz CT molecular complexity index is 965. The van der Waals surface area contributed by atoms with Gasteiger partial charge in [0.25, 0.3) is 5.91 Å². The Morgan fingerprint density at radius 2 is 1.91 bits per heavy atom. The molecule has 0 spiro atoms. The molecule has 1 amide bonds. The highest BCUT2D eigenvalue weighted by atomic mass is 19.4. The summed E-state index contributed by atoms with van der Waals surface area (Å²) in [6, 6.07) is 10.4. The van der Waals surface area contributed by atoms with Crippen LogP contribution in [0.5, 0.6) is 5.75 Å². The number of hydrogen-bond donors (Lipinski definition) is 1. The van der Waals surface area contributed by atoms with Gasteiger partial charge in [0.2, 0.25) is 0 Å². The number of carbonyl (C=O) groups is 1. The maximum absolute atomic E-state index is 13.5. The van der Waals surface area contributed by atoms with Gasteiger partial charge < -0.3 is 15.0 Å². The molecule has 5 nitrogen and oxygen atoms in total. The Morgan fingerprint density at radius 3 is 2.56 bits per heavy atom. The van der Waals surface area contributed by atoms with Crippen LogP contribution in [0, 0.1) is 0 Å². The second-order valence-electron chi connectivity index (χ2n) is 8.10. The minimum atomic E-state index is -4.63. The van der Waals surface area contributed by atoms with Crippen molar-refractivity contribution in [1.29, 1.82) is 0 Å². The standard InChI is InChI=1S/C23H25F4N3O2/c1-15-28-20-5-2-4-19(23(25,26)27)21(20)22(31)30(15)17-6-8-18(9-7-17)32-13-3-11-29-12-10-16(24)14-29/h2,4-9,15-16,28H,3,10-14H2,1H3/t15?,16-/m1/s1. The fraction of sp³-hybridized carbons (Fsp3) is 0.435. The lowest BCUT2D eigenvalue weighted by molar-refractivity contribution is -0.137. The third-order valence-electron chi connectivity index (χ3n) is 5.77. The van der Waals surface area contributed by atoms with Crippen LogP contribution in [0.1, 0.15) is 35.7 Å². The van der Waals surface area contributed by atoms with Crippen LogP contribution in [-0.2, 0) is 6.18 Å². The highest BCUT2D eigenvalue weighted by molar-refractivity contribution is 6.13. The third-order valence-corrected chi connectivity index (χ3v) is 5.77. The Kier molecular flexibility index (Phi) is 6.28. The SMILES string of the molecule is CC1Nc2cccc(C(F)(F)F)c2C(=O)N1c1ccc(OCCCN2CC[C@@H](F)C2)cc1. The molecule has 0 saturated carbocycles. The van der Waals surface area contributed by atoms with Gasteiger partial charge in [0.05, 0.1) is 17.7 Å². The zero-order chi connectivity index (χ0) is 22.9. The largest absolute Gasteiger partial charge is 0.494 e. The van der Waals surface area contributed by atoms with Gasteiger partial charge in [0.15, 0.2) is 0 Å². The van der Waals surface area contributed by atoms with Crippen molar-refractivity contribution in [2.75, 3.05) is 36.5 Å². The number of ether oxygens (including phenoxy) is 1. The van der Waals surface area contributed by atoms with Crippen LogP contribution in [0.15, 0.2) is 42.5 Å². The van der Waals surface area contributed by atoms with Crippen molar-refractivity contribution in [3.63, 3.8) is 0 Å². The van der Waals surface area contributed by atoms with E-state index in [-0.39, 0.29) is 11.3 Å². The molecule has 32 heavy (non-hydrogen) atoms. The van der Waals surface area contributed by atoms with Gasteiger partial charge in [-0.25, -0.2) is 4.39 Å². The van der Waals surface area contributed by atoms with Crippen LogP contribution in [0.4, 0.5) is 28.9 Å². The van der Waals surface area contributed by atoms with Gasteiger partial charge in [0, 0.05) is 31.0 Å². The summed E-state index contributed by atoms with van der Waals surface area (Å²) >= 11 is 0. The van der Waals surface area contributed by atoms with Crippen LogP contribution >= 0.6 is 0 Å².